The molecule has 1 aromatic carbocycles. The molecule has 7 heteroatoms. The Labute approximate surface area is 121 Å². The van der Waals surface area contributed by atoms with Crippen LogP contribution in [0.3, 0.4) is 0 Å². The van der Waals surface area contributed by atoms with Crippen LogP contribution in [0.15, 0.2) is 30.3 Å². The van der Waals surface area contributed by atoms with Gasteiger partial charge in [-0.15, -0.1) is 0 Å². The highest BCUT2D eigenvalue weighted by atomic mass is 19.4. The number of hydrogen-bond donors (Lipinski definition) is 0. The van der Waals surface area contributed by atoms with Crippen molar-refractivity contribution in [2.24, 2.45) is 0 Å². The SMILES string of the molecule is CC1CN(C(=O)Oc2ccccc2)CC(C(F)(F)F)N1C. The predicted octanol–water partition coefficient (Wildman–Crippen LogP) is 2.75. The van der Waals surface area contributed by atoms with Crippen molar-refractivity contribution in [1.29, 1.82) is 0 Å². The van der Waals surface area contributed by atoms with Crippen molar-refractivity contribution in [3.63, 3.8) is 0 Å². The van der Waals surface area contributed by atoms with Gasteiger partial charge >= 0.3 is 12.3 Å². The molecular weight excluding hydrogens is 285 g/mol. The van der Waals surface area contributed by atoms with Crippen LogP contribution in [-0.4, -0.2) is 54.3 Å². The monoisotopic (exact) mass is 302 g/mol. The zero-order valence-corrected chi connectivity index (χ0v) is 11.8. The molecule has 1 aliphatic heterocycles. The molecule has 0 aromatic heterocycles. The van der Waals surface area contributed by atoms with Crippen LogP contribution < -0.4 is 4.74 Å². The Balaban J connectivity index is 2.08. The van der Waals surface area contributed by atoms with Gasteiger partial charge in [-0.1, -0.05) is 18.2 Å². The molecule has 1 aliphatic rings. The second-order valence-electron chi connectivity index (χ2n) is 5.16. The highest BCUT2D eigenvalue weighted by Crippen LogP contribution is 2.29. The third-order valence-corrected chi connectivity index (χ3v) is 3.65. The van der Waals surface area contributed by atoms with Crippen molar-refractivity contribution in [2.45, 2.75) is 25.2 Å². The molecule has 0 radical (unpaired) electrons. The summed E-state index contributed by atoms with van der Waals surface area (Å²) in [6.07, 6.45) is -5.13. The third-order valence-electron chi connectivity index (χ3n) is 3.65. The number of likely N-dealkylation sites (N-methyl/N-ethyl adjacent to an activating group) is 1. The Hall–Kier alpha value is -1.76. The number of carbonyl (C=O) groups is 1. The summed E-state index contributed by atoms with van der Waals surface area (Å²) in [5, 5.41) is 0. The maximum Gasteiger partial charge on any atom is 0.415 e. The number of ether oxygens (including phenoxy) is 1. The number of nitrogens with zero attached hydrogens (tertiary/aromatic N) is 2. The van der Waals surface area contributed by atoms with Crippen LogP contribution in [0.25, 0.3) is 0 Å². The van der Waals surface area contributed by atoms with Gasteiger partial charge in [0.15, 0.2) is 0 Å². The molecule has 1 amide bonds. The fourth-order valence-electron chi connectivity index (χ4n) is 2.30. The zero-order valence-electron chi connectivity index (χ0n) is 11.8. The second kappa shape index (κ2) is 5.93. The minimum Gasteiger partial charge on any atom is -0.410 e. The quantitative estimate of drug-likeness (QED) is 0.799. The average Bonchev–Trinajstić information content (AvgIpc) is 2.41. The molecule has 1 aromatic rings. The number of benzene rings is 1. The van der Waals surface area contributed by atoms with Crippen LogP contribution in [0, 0.1) is 0 Å². The van der Waals surface area contributed by atoms with Crippen molar-refractivity contribution in [2.75, 3.05) is 20.1 Å². The molecule has 4 nitrogen and oxygen atoms in total. The number of carbonyl (C=O) groups excluding carboxylic acids is 1. The molecule has 2 unspecified atom stereocenters. The predicted molar refractivity (Wildman–Crippen MR) is 71.1 cm³/mol. The van der Waals surface area contributed by atoms with Crippen LogP contribution in [0.4, 0.5) is 18.0 Å². The smallest absolute Gasteiger partial charge is 0.410 e. The van der Waals surface area contributed by atoms with E-state index in [1.165, 1.54) is 11.9 Å². The summed E-state index contributed by atoms with van der Waals surface area (Å²) in [5.41, 5.74) is 0. The fraction of sp³-hybridized carbons (Fsp3) is 0.500. The summed E-state index contributed by atoms with van der Waals surface area (Å²) in [4.78, 5) is 14.4. The van der Waals surface area contributed by atoms with E-state index in [4.69, 9.17) is 4.74 Å². The van der Waals surface area contributed by atoms with Gasteiger partial charge in [0.25, 0.3) is 0 Å². The largest absolute Gasteiger partial charge is 0.415 e. The van der Waals surface area contributed by atoms with E-state index in [0.717, 1.165) is 4.90 Å². The first-order valence-electron chi connectivity index (χ1n) is 6.59. The Morgan fingerprint density at radius 3 is 2.43 bits per heavy atom. The number of halogens is 3. The van der Waals surface area contributed by atoms with Crippen molar-refractivity contribution >= 4 is 6.09 Å². The minimum absolute atomic E-state index is 0.203. The fourth-order valence-corrected chi connectivity index (χ4v) is 2.30. The third kappa shape index (κ3) is 3.66. The summed E-state index contributed by atoms with van der Waals surface area (Å²) in [5.74, 6) is 0.317. The first-order valence-corrected chi connectivity index (χ1v) is 6.59. The van der Waals surface area contributed by atoms with E-state index in [0.29, 0.717) is 5.75 Å². The summed E-state index contributed by atoms with van der Waals surface area (Å²) in [7, 11) is 1.42. The molecule has 1 saturated heterocycles. The van der Waals surface area contributed by atoms with E-state index >= 15 is 0 Å². The number of para-hydroxylation sites is 1. The van der Waals surface area contributed by atoms with Gasteiger partial charge in [-0.3, -0.25) is 4.90 Å². The van der Waals surface area contributed by atoms with Crippen molar-refractivity contribution < 1.29 is 22.7 Å². The molecule has 2 atom stereocenters. The maximum atomic E-state index is 13.0. The van der Waals surface area contributed by atoms with Crippen LogP contribution >= 0.6 is 0 Å². The highest BCUT2D eigenvalue weighted by Gasteiger charge is 2.48. The Kier molecular flexibility index (Phi) is 4.41. The standard InChI is InChI=1S/C14H17F3N2O2/c1-10-8-19(9-12(18(10)2)14(15,16)17)13(20)21-11-6-4-3-5-7-11/h3-7,10,12H,8-9H2,1-2H3. The Morgan fingerprint density at radius 2 is 1.86 bits per heavy atom. The molecule has 116 valence electrons. The van der Waals surface area contributed by atoms with Gasteiger partial charge in [-0.25, -0.2) is 4.79 Å². The van der Waals surface area contributed by atoms with Crippen LogP contribution in [-0.2, 0) is 0 Å². The van der Waals surface area contributed by atoms with Crippen molar-refractivity contribution in [3.05, 3.63) is 30.3 Å². The lowest BCUT2D eigenvalue weighted by atomic mass is 10.1. The summed E-state index contributed by atoms with van der Waals surface area (Å²) < 4.78 is 44.1. The second-order valence-corrected chi connectivity index (χ2v) is 5.16. The minimum atomic E-state index is -4.38. The van der Waals surface area contributed by atoms with Crippen LogP contribution in [0.1, 0.15) is 6.92 Å². The molecule has 0 bridgehead atoms. The highest BCUT2D eigenvalue weighted by molar-refractivity contribution is 5.71. The van der Waals surface area contributed by atoms with Gasteiger partial charge < -0.3 is 9.64 Å². The summed E-state index contributed by atoms with van der Waals surface area (Å²) in [6, 6.07) is 6.23. The number of alkyl halides is 3. The summed E-state index contributed by atoms with van der Waals surface area (Å²) >= 11 is 0. The van der Waals surface area contributed by atoms with Gasteiger partial charge in [0, 0.05) is 19.1 Å². The van der Waals surface area contributed by atoms with Gasteiger partial charge in [0.2, 0.25) is 0 Å². The van der Waals surface area contributed by atoms with E-state index in [1.807, 2.05) is 0 Å². The Bertz CT molecular complexity index is 493. The number of hydrogen-bond acceptors (Lipinski definition) is 3. The van der Waals surface area contributed by atoms with E-state index in [2.05, 4.69) is 0 Å². The molecule has 0 spiro atoms. The lowest BCUT2D eigenvalue weighted by Crippen LogP contribution is -2.62. The lowest BCUT2D eigenvalue weighted by molar-refractivity contribution is -0.197. The molecule has 0 saturated carbocycles. The zero-order chi connectivity index (χ0) is 15.6. The molecule has 1 fully saturated rings. The van der Waals surface area contributed by atoms with E-state index in [-0.39, 0.29) is 6.54 Å². The number of piperazine rings is 1. The van der Waals surface area contributed by atoms with Crippen molar-refractivity contribution in [1.82, 2.24) is 9.80 Å². The molecule has 21 heavy (non-hydrogen) atoms. The molecular formula is C14H17F3N2O2. The summed E-state index contributed by atoms with van der Waals surface area (Å²) in [6.45, 7) is 1.44. The normalized spacial score (nSPS) is 24.0. The molecule has 1 heterocycles. The first-order chi connectivity index (χ1) is 9.79. The number of rotatable bonds is 1. The average molecular weight is 302 g/mol. The maximum absolute atomic E-state index is 13.0. The van der Waals surface area contributed by atoms with E-state index in [1.54, 1.807) is 37.3 Å². The van der Waals surface area contributed by atoms with Gasteiger partial charge in [0.1, 0.15) is 11.8 Å². The van der Waals surface area contributed by atoms with Gasteiger partial charge in [0.05, 0.1) is 0 Å². The first kappa shape index (κ1) is 15.6. The Morgan fingerprint density at radius 1 is 1.24 bits per heavy atom. The number of amides is 1. The lowest BCUT2D eigenvalue weighted by Gasteiger charge is -2.43. The van der Waals surface area contributed by atoms with Gasteiger partial charge in [-0.2, -0.15) is 13.2 Å². The van der Waals surface area contributed by atoms with Crippen LogP contribution in [0.2, 0.25) is 0 Å². The van der Waals surface area contributed by atoms with Gasteiger partial charge in [-0.05, 0) is 26.1 Å². The molecule has 2 rings (SSSR count). The van der Waals surface area contributed by atoms with E-state index < -0.39 is 30.9 Å². The van der Waals surface area contributed by atoms with E-state index in [9.17, 15) is 18.0 Å². The molecule has 0 N–H and O–H groups in total. The van der Waals surface area contributed by atoms with Crippen molar-refractivity contribution in [3.8, 4) is 5.75 Å². The topological polar surface area (TPSA) is 32.8 Å². The molecule has 0 aliphatic carbocycles. The van der Waals surface area contributed by atoms with Crippen LogP contribution in [0.5, 0.6) is 5.75 Å².